The first kappa shape index (κ1) is 35.1. The fraction of sp³-hybridized carbons (Fsp3) is 0.186. The van der Waals surface area contributed by atoms with Gasteiger partial charge in [-0.1, -0.05) is 84.9 Å². The first-order valence-electron chi connectivity index (χ1n) is 17.4. The topological polar surface area (TPSA) is 168 Å². The number of phenols is 1. The number of fused-ring (bicyclic) bond motifs is 3. The second-order valence-electron chi connectivity index (χ2n) is 13.1. The van der Waals surface area contributed by atoms with Crippen LogP contribution < -0.4 is 19.6 Å². The van der Waals surface area contributed by atoms with Crippen LogP contribution in [0.15, 0.2) is 131 Å². The molecule has 2 heterocycles. The lowest BCUT2D eigenvalue weighted by Crippen LogP contribution is -2.60. The van der Waals surface area contributed by atoms with Gasteiger partial charge in [0.05, 0.1) is 6.61 Å². The third kappa shape index (κ3) is 6.71. The number of aliphatic hydroxyl groups is 4. The fourth-order valence-corrected chi connectivity index (χ4v) is 6.78. The Bertz CT molecular complexity index is 2500. The van der Waals surface area contributed by atoms with Crippen LogP contribution in [-0.4, -0.2) is 62.8 Å². The van der Waals surface area contributed by atoms with Gasteiger partial charge in [0.15, 0.2) is 16.9 Å². The van der Waals surface area contributed by atoms with E-state index in [1.165, 1.54) is 12.1 Å². The predicted octanol–water partition coefficient (Wildman–Crippen LogP) is 5.81. The van der Waals surface area contributed by atoms with Gasteiger partial charge in [-0.2, -0.15) is 0 Å². The fourth-order valence-electron chi connectivity index (χ4n) is 6.78. The summed E-state index contributed by atoms with van der Waals surface area (Å²) in [6.45, 7) is -0.375. The molecule has 1 aliphatic heterocycles. The Balaban J connectivity index is 1.12. The highest BCUT2D eigenvalue weighted by Gasteiger charge is 2.45. The van der Waals surface area contributed by atoms with E-state index >= 15 is 0 Å². The number of aromatic hydroxyl groups is 1. The van der Waals surface area contributed by atoms with Crippen molar-refractivity contribution in [3.8, 4) is 34.3 Å². The van der Waals surface area contributed by atoms with Crippen LogP contribution in [0.2, 0.25) is 0 Å². The molecule has 6 aromatic carbocycles. The molecule has 5 atom stereocenters. The molecule has 1 aliphatic rings. The van der Waals surface area contributed by atoms with Crippen molar-refractivity contribution in [3.05, 3.63) is 143 Å². The number of aliphatic hydroxyl groups excluding tert-OH is 4. The van der Waals surface area contributed by atoms with Crippen LogP contribution in [0.25, 0.3) is 43.8 Å². The second kappa shape index (κ2) is 14.8. The maximum Gasteiger partial charge on any atom is 0.229 e. The van der Waals surface area contributed by atoms with E-state index in [0.717, 1.165) is 32.7 Å². The Labute approximate surface area is 308 Å². The minimum absolute atomic E-state index is 0.0518. The summed E-state index contributed by atoms with van der Waals surface area (Å²) < 4.78 is 30.0. The van der Waals surface area contributed by atoms with E-state index in [4.69, 9.17) is 23.4 Å². The molecule has 5 N–H and O–H groups in total. The van der Waals surface area contributed by atoms with Crippen LogP contribution in [-0.2, 0) is 18.0 Å². The van der Waals surface area contributed by atoms with Crippen LogP contribution in [0.4, 0.5) is 0 Å². The first-order chi connectivity index (χ1) is 26.3. The van der Waals surface area contributed by atoms with Crippen LogP contribution in [0.5, 0.6) is 23.0 Å². The van der Waals surface area contributed by atoms with Crippen molar-refractivity contribution < 1.29 is 48.9 Å². The van der Waals surface area contributed by atoms with Crippen molar-refractivity contribution in [1.82, 2.24) is 0 Å². The predicted molar refractivity (Wildman–Crippen MR) is 201 cm³/mol. The van der Waals surface area contributed by atoms with E-state index in [-0.39, 0.29) is 34.8 Å². The SMILES string of the molecule is O=c1cc(-c2ccc(OCc3cccc4ccccc34)cc2)oc2cc(O[C@@H]3O[C@H](CO)[C@@H](O)[C@H](O)[C@H]3O)c(OCc3cccc4ccccc34)c(O)c12. The summed E-state index contributed by atoms with van der Waals surface area (Å²) in [6, 6.07) is 37.1. The molecular weight excluding hydrogens is 692 g/mol. The third-order valence-corrected chi connectivity index (χ3v) is 9.67. The van der Waals surface area contributed by atoms with E-state index in [1.807, 2.05) is 66.7 Å². The van der Waals surface area contributed by atoms with E-state index in [2.05, 4.69) is 18.2 Å². The number of hydrogen-bond donors (Lipinski definition) is 5. The molecule has 0 unspecified atom stereocenters. The van der Waals surface area contributed by atoms with Gasteiger partial charge < -0.3 is 48.9 Å². The molecule has 0 saturated carbocycles. The highest BCUT2D eigenvalue weighted by atomic mass is 16.7. The molecule has 1 fully saturated rings. The van der Waals surface area contributed by atoms with Crippen molar-refractivity contribution >= 4 is 32.5 Å². The van der Waals surface area contributed by atoms with Gasteiger partial charge in [-0.15, -0.1) is 0 Å². The molecule has 54 heavy (non-hydrogen) atoms. The lowest BCUT2D eigenvalue weighted by atomic mass is 9.99. The van der Waals surface area contributed by atoms with Gasteiger partial charge in [-0.3, -0.25) is 4.79 Å². The number of benzene rings is 6. The summed E-state index contributed by atoms with van der Waals surface area (Å²) in [5.74, 6) is -0.224. The molecule has 8 rings (SSSR count). The Morgan fingerprint density at radius 3 is 1.93 bits per heavy atom. The van der Waals surface area contributed by atoms with Crippen molar-refractivity contribution in [1.29, 1.82) is 0 Å². The van der Waals surface area contributed by atoms with Gasteiger partial charge in [0.2, 0.25) is 12.0 Å². The molecule has 0 amide bonds. The summed E-state index contributed by atoms with van der Waals surface area (Å²) in [5.41, 5.74) is 1.74. The maximum absolute atomic E-state index is 13.6. The van der Waals surface area contributed by atoms with Crippen molar-refractivity contribution in [2.75, 3.05) is 6.61 Å². The van der Waals surface area contributed by atoms with E-state index in [1.54, 1.807) is 24.3 Å². The highest BCUT2D eigenvalue weighted by Crippen LogP contribution is 2.44. The quantitative estimate of drug-likeness (QED) is 0.115. The molecule has 274 valence electrons. The number of rotatable bonds is 10. The molecule has 11 nitrogen and oxygen atoms in total. The average Bonchev–Trinajstić information content (AvgIpc) is 3.20. The molecule has 0 bridgehead atoms. The van der Waals surface area contributed by atoms with Crippen LogP contribution in [0.1, 0.15) is 11.1 Å². The Hall–Kier alpha value is -5.95. The Morgan fingerprint density at radius 1 is 0.667 bits per heavy atom. The lowest BCUT2D eigenvalue weighted by molar-refractivity contribution is -0.277. The van der Waals surface area contributed by atoms with Crippen molar-refractivity contribution in [2.24, 2.45) is 0 Å². The number of ether oxygens (including phenoxy) is 4. The van der Waals surface area contributed by atoms with E-state index in [9.17, 15) is 30.3 Å². The number of phenolic OH excluding ortho intramolecular Hbond substituents is 1. The zero-order chi connectivity index (χ0) is 37.3. The summed E-state index contributed by atoms with van der Waals surface area (Å²) in [6.07, 6.45) is -7.98. The highest BCUT2D eigenvalue weighted by molar-refractivity contribution is 5.90. The van der Waals surface area contributed by atoms with Crippen LogP contribution >= 0.6 is 0 Å². The molecule has 11 heteroatoms. The van der Waals surface area contributed by atoms with Gasteiger partial charge in [0.25, 0.3) is 0 Å². The normalized spacial score (nSPS) is 20.0. The van der Waals surface area contributed by atoms with Crippen molar-refractivity contribution in [3.63, 3.8) is 0 Å². The summed E-state index contributed by atoms with van der Waals surface area (Å²) in [7, 11) is 0. The van der Waals surface area contributed by atoms with Gasteiger partial charge in [0.1, 0.15) is 60.1 Å². The monoisotopic (exact) mass is 728 g/mol. The first-order valence-corrected chi connectivity index (χ1v) is 17.4. The zero-order valence-electron chi connectivity index (χ0n) is 28.7. The van der Waals surface area contributed by atoms with Crippen LogP contribution in [0.3, 0.4) is 0 Å². The molecule has 1 aromatic heterocycles. The maximum atomic E-state index is 13.6. The van der Waals surface area contributed by atoms with Gasteiger partial charge in [-0.25, -0.2) is 0 Å². The summed E-state index contributed by atoms with van der Waals surface area (Å²) >= 11 is 0. The molecular formula is C43H36O11. The Morgan fingerprint density at radius 2 is 1.28 bits per heavy atom. The zero-order valence-corrected chi connectivity index (χ0v) is 28.7. The van der Waals surface area contributed by atoms with Gasteiger partial charge in [0, 0.05) is 17.7 Å². The Kier molecular flexibility index (Phi) is 9.63. The molecule has 0 spiro atoms. The smallest absolute Gasteiger partial charge is 0.229 e. The number of hydrogen-bond acceptors (Lipinski definition) is 11. The molecule has 0 radical (unpaired) electrons. The second-order valence-corrected chi connectivity index (χ2v) is 13.1. The van der Waals surface area contributed by atoms with Gasteiger partial charge in [-0.05, 0) is 56.9 Å². The van der Waals surface area contributed by atoms with E-state index < -0.39 is 48.5 Å². The van der Waals surface area contributed by atoms with Crippen LogP contribution in [0, 0.1) is 0 Å². The largest absolute Gasteiger partial charge is 0.504 e. The standard InChI is InChI=1S/C43H36O11/c44-21-36-38(46)40(48)41(49)43(54-36)53-35-20-34-37(39(47)42(35)51-23-28-12-6-10-25-8-2-4-14-31(25)28)32(45)19-33(52-34)26-15-17-29(18-16-26)50-22-27-11-5-9-24-7-1-3-13-30(24)27/h1-20,36,38,40-41,43-44,46-49H,21-23H2/t36-,38-,40+,41-,43-/m1/s1. The minimum atomic E-state index is -1.76. The summed E-state index contributed by atoms with van der Waals surface area (Å²) in [5, 5.41) is 56.8. The molecule has 1 saturated heterocycles. The summed E-state index contributed by atoms with van der Waals surface area (Å²) in [4.78, 5) is 13.6. The molecule has 0 aliphatic carbocycles. The van der Waals surface area contributed by atoms with Crippen molar-refractivity contribution in [2.45, 2.75) is 43.9 Å². The van der Waals surface area contributed by atoms with E-state index in [0.29, 0.717) is 17.9 Å². The molecule has 7 aromatic rings. The minimum Gasteiger partial charge on any atom is -0.504 e. The third-order valence-electron chi connectivity index (χ3n) is 9.67. The lowest BCUT2D eigenvalue weighted by Gasteiger charge is -2.39. The average molecular weight is 729 g/mol. The van der Waals surface area contributed by atoms with Gasteiger partial charge >= 0.3 is 0 Å².